The van der Waals surface area contributed by atoms with Gasteiger partial charge < -0.3 is 4.74 Å². The molecule has 1 aromatic rings. The van der Waals surface area contributed by atoms with Crippen molar-refractivity contribution in [2.75, 3.05) is 12.9 Å². The summed E-state index contributed by atoms with van der Waals surface area (Å²) in [5, 5.41) is 0.696. The van der Waals surface area contributed by atoms with Crippen LogP contribution < -0.4 is 4.74 Å². The van der Waals surface area contributed by atoms with E-state index < -0.39 is 0 Å². The van der Waals surface area contributed by atoms with Crippen molar-refractivity contribution in [2.45, 2.75) is 18.0 Å². The Kier molecular flexibility index (Phi) is 4.32. The first-order valence-electron chi connectivity index (χ1n) is 3.90. The molecule has 0 aliphatic carbocycles. The molecule has 1 heterocycles. The molecule has 0 N–H and O–H groups in total. The second-order valence-corrected chi connectivity index (χ2v) is 3.29. The molecule has 0 amide bonds. The number of nitrogens with zero attached hydrogens (tertiary/aromatic N) is 2. The molecular formula is C8H11ClN2OS. The molecule has 0 saturated heterocycles. The standard InChI is InChI=1S/C8H11ClN2OS/c1-3-12-7-4-6(5-9)10-8(11-7)13-2/h4H,3,5H2,1-2H3. The van der Waals surface area contributed by atoms with Gasteiger partial charge >= 0.3 is 0 Å². The van der Waals surface area contributed by atoms with Crippen molar-refractivity contribution in [1.29, 1.82) is 0 Å². The number of halogens is 1. The number of rotatable bonds is 4. The van der Waals surface area contributed by atoms with E-state index in [1.807, 2.05) is 13.2 Å². The van der Waals surface area contributed by atoms with Gasteiger partial charge in [0.1, 0.15) is 0 Å². The number of aromatic nitrogens is 2. The van der Waals surface area contributed by atoms with Crippen LogP contribution in [0.4, 0.5) is 0 Å². The average Bonchev–Trinajstić information content (AvgIpc) is 2.17. The first kappa shape index (κ1) is 10.6. The quantitative estimate of drug-likeness (QED) is 0.442. The SMILES string of the molecule is CCOc1cc(CCl)nc(SC)n1. The summed E-state index contributed by atoms with van der Waals surface area (Å²) in [5.74, 6) is 0.980. The molecule has 0 fully saturated rings. The Balaban J connectivity index is 2.93. The Morgan fingerprint density at radius 1 is 1.54 bits per heavy atom. The Hall–Kier alpha value is -0.480. The van der Waals surface area contributed by atoms with Gasteiger partial charge in [-0.05, 0) is 13.2 Å². The van der Waals surface area contributed by atoms with Crippen LogP contribution in [0.25, 0.3) is 0 Å². The smallest absolute Gasteiger partial charge is 0.217 e. The lowest BCUT2D eigenvalue weighted by atomic mass is 10.4. The summed E-state index contributed by atoms with van der Waals surface area (Å²) in [6, 6.07) is 1.76. The van der Waals surface area contributed by atoms with E-state index in [1.54, 1.807) is 6.07 Å². The van der Waals surface area contributed by atoms with Crippen LogP contribution in [0.2, 0.25) is 0 Å². The molecule has 0 atom stereocenters. The fourth-order valence-corrected chi connectivity index (χ4v) is 1.36. The molecule has 13 heavy (non-hydrogen) atoms. The van der Waals surface area contributed by atoms with Crippen LogP contribution >= 0.6 is 23.4 Å². The lowest BCUT2D eigenvalue weighted by Gasteiger charge is -2.04. The second-order valence-electron chi connectivity index (χ2n) is 2.25. The molecule has 5 heteroatoms. The minimum atomic E-state index is 0.385. The Labute approximate surface area is 86.9 Å². The maximum absolute atomic E-state index is 5.67. The zero-order valence-electron chi connectivity index (χ0n) is 7.58. The van der Waals surface area contributed by atoms with Crippen LogP contribution in [0, 0.1) is 0 Å². The topological polar surface area (TPSA) is 35.0 Å². The molecule has 0 saturated carbocycles. The molecule has 0 aromatic carbocycles. The zero-order chi connectivity index (χ0) is 9.68. The molecule has 0 aliphatic rings. The number of alkyl halides is 1. The Bertz CT molecular complexity index is 261. The van der Waals surface area contributed by atoms with Gasteiger partial charge in [-0.1, -0.05) is 11.8 Å². The van der Waals surface area contributed by atoms with Crippen molar-refractivity contribution in [3.63, 3.8) is 0 Å². The van der Waals surface area contributed by atoms with E-state index in [0.29, 0.717) is 23.5 Å². The molecule has 0 spiro atoms. The molecular weight excluding hydrogens is 208 g/mol. The Morgan fingerprint density at radius 3 is 2.85 bits per heavy atom. The largest absolute Gasteiger partial charge is 0.478 e. The third-order valence-corrected chi connectivity index (χ3v) is 2.17. The van der Waals surface area contributed by atoms with E-state index in [1.165, 1.54) is 11.8 Å². The predicted octanol–water partition coefficient (Wildman–Crippen LogP) is 2.34. The second kappa shape index (κ2) is 5.29. The number of ether oxygens (including phenoxy) is 1. The van der Waals surface area contributed by atoms with Gasteiger partial charge in [0.15, 0.2) is 5.16 Å². The molecule has 0 bridgehead atoms. The zero-order valence-corrected chi connectivity index (χ0v) is 9.15. The summed E-state index contributed by atoms with van der Waals surface area (Å²) < 4.78 is 5.27. The van der Waals surface area contributed by atoms with Gasteiger partial charge in [0.2, 0.25) is 5.88 Å². The van der Waals surface area contributed by atoms with Gasteiger partial charge in [-0.25, -0.2) is 4.98 Å². The lowest BCUT2D eigenvalue weighted by Crippen LogP contribution is -1.99. The fourth-order valence-electron chi connectivity index (χ4n) is 0.831. The minimum Gasteiger partial charge on any atom is -0.478 e. The van der Waals surface area contributed by atoms with Crippen LogP contribution in [0.5, 0.6) is 5.88 Å². The minimum absolute atomic E-state index is 0.385. The van der Waals surface area contributed by atoms with E-state index in [2.05, 4.69) is 9.97 Å². The van der Waals surface area contributed by atoms with Gasteiger partial charge in [0.05, 0.1) is 18.2 Å². The van der Waals surface area contributed by atoms with Crippen molar-refractivity contribution in [2.24, 2.45) is 0 Å². The van der Waals surface area contributed by atoms with Gasteiger partial charge in [0, 0.05) is 6.07 Å². The van der Waals surface area contributed by atoms with Crippen LogP contribution in [0.1, 0.15) is 12.6 Å². The molecule has 72 valence electrons. The van der Waals surface area contributed by atoms with E-state index >= 15 is 0 Å². The van der Waals surface area contributed by atoms with E-state index in [0.717, 1.165) is 5.69 Å². The van der Waals surface area contributed by atoms with E-state index in [9.17, 15) is 0 Å². The summed E-state index contributed by atoms with van der Waals surface area (Å²) in [6.45, 7) is 2.52. The van der Waals surface area contributed by atoms with E-state index in [-0.39, 0.29) is 0 Å². The maximum Gasteiger partial charge on any atom is 0.217 e. The van der Waals surface area contributed by atoms with E-state index in [4.69, 9.17) is 16.3 Å². The first-order valence-corrected chi connectivity index (χ1v) is 5.66. The van der Waals surface area contributed by atoms with Crippen LogP contribution in [-0.2, 0) is 5.88 Å². The summed E-state index contributed by atoms with van der Waals surface area (Å²) in [4.78, 5) is 8.35. The normalized spacial score (nSPS) is 10.1. The van der Waals surface area contributed by atoms with Crippen molar-refractivity contribution in [3.8, 4) is 5.88 Å². The molecule has 1 rings (SSSR count). The van der Waals surface area contributed by atoms with Gasteiger partial charge in [0.25, 0.3) is 0 Å². The maximum atomic E-state index is 5.67. The predicted molar refractivity (Wildman–Crippen MR) is 54.5 cm³/mol. The lowest BCUT2D eigenvalue weighted by molar-refractivity contribution is 0.322. The monoisotopic (exact) mass is 218 g/mol. The van der Waals surface area contributed by atoms with Crippen molar-refractivity contribution in [3.05, 3.63) is 11.8 Å². The molecule has 0 radical (unpaired) electrons. The van der Waals surface area contributed by atoms with Gasteiger partial charge in [-0.2, -0.15) is 4.98 Å². The van der Waals surface area contributed by atoms with Crippen molar-refractivity contribution in [1.82, 2.24) is 9.97 Å². The number of thioether (sulfide) groups is 1. The molecule has 1 aromatic heterocycles. The van der Waals surface area contributed by atoms with Crippen LogP contribution in [0.15, 0.2) is 11.2 Å². The third-order valence-electron chi connectivity index (χ3n) is 1.35. The third kappa shape index (κ3) is 3.04. The molecule has 3 nitrogen and oxygen atoms in total. The van der Waals surface area contributed by atoms with Crippen LogP contribution in [-0.4, -0.2) is 22.8 Å². The highest BCUT2D eigenvalue weighted by molar-refractivity contribution is 7.98. The highest BCUT2D eigenvalue weighted by atomic mass is 35.5. The Morgan fingerprint density at radius 2 is 2.31 bits per heavy atom. The first-order chi connectivity index (χ1) is 6.30. The van der Waals surface area contributed by atoms with Crippen molar-refractivity contribution < 1.29 is 4.74 Å². The summed E-state index contributed by atoms with van der Waals surface area (Å²) in [5.41, 5.74) is 0.796. The number of hydrogen-bond acceptors (Lipinski definition) is 4. The van der Waals surface area contributed by atoms with Gasteiger partial charge in [-0.15, -0.1) is 11.6 Å². The highest BCUT2D eigenvalue weighted by Gasteiger charge is 2.03. The highest BCUT2D eigenvalue weighted by Crippen LogP contribution is 2.16. The average molecular weight is 219 g/mol. The summed E-state index contributed by atoms with van der Waals surface area (Å²) in [6.07, 6.45) is 1.92. The van der Waals surface area contributed by atoms with Crippen LogP contribution in [0.3, 0.4) is 0 Å². The van der Waals surface area contributed by atoms with Crippen molar-refractivity contribution >= 4 is 23.4 Å². The number of hydrogen-bond donors (Lipinski definition) is 0. The summed E-state index contributed by atoms with van der Waals surface area (Å²) in [7, 11) is 0. The molecule has 0 aliphatic heterocycles. The molecule has 0 unspecified atom stereocenters. The van der Waals surface area contributed by atoms with Gasteiger partial charge in [-0.3, -0.25) is 0 Å². The summed E-state index contributed by atoms with van der Waals surface area (Å²) >= 11 is 7.15. The fraction of sp³-hybridized carbons (Fsp3) is 0.500.